The molecule has 0 saturated carbocycles. The lowest BCUT2D eigenvalue weighted by molar-refractivity contribution is 0.133. The van der Waals surface area contributed by atoms with E-state index in [-0.39, 0.29) is 0 Å². The number of ether oxygens (including phenoxy) is 2. The molecular formula is C14H28O2. The largest absolute Gasteiger partial charge is 0.381 e. The standard InChI is InChI=1S/C14H28O2/c1-4-6-10-15-12-8-14(3)9-13-16-11-7-5-2/h8H,4-7,9-13H2,1-3H3/b14-8+. The van der Waals surface area contributed by atoms with Crippen molar-refractivity contribution in [1.82, 2.24) is 0 Å². The summed E-state index contributed by atoms with van der Waals surface area (Å²) in [6.07, 6.45) is 7.93. The summed E-state index contributed by atoms with van der Waals surface area (Å²) in [5.74, 6) is 0. The summed E-state index contributed by atoms with van der Waals surface area (Å²) in [6.45, 7) is 9.88. The van der Waals surface area contributed by atoms with E-state index < -0.39 is 0 Å². The first-order valence-corrected chi connectivity index (χ1v) is 6.62. The predicted octanol–water partition coefficient (Wildman–Crippen LogP) is 3.96. The minimum Gasteiger partial charge on any atom is -0.381 e. The molecule has 0 atom stereocenters. The Morgan fingerprint density at radius 3 is 2.19 bits per heavy atom. The third kappa shape index (κ3) is 11.7. The molecule has 0 aromatic heterocycles. The zero-order valence-corrected chi connectivity index (χ0v) is 11.3. The van der Waals surface area contributed by atoms with Gasteiger partial charge in [-0.2, -0.15) is 0 Å². The molecule has 0 aromatic rings. The fourth-order valence-electron chi connectivity index (χ4n) is 1.21. The number of hydrogen-bond acceptors (Lipinski definition) is 2. The molecular weight excluding hydrogens is 200 g/mol. The summed E-state index contributed by atoms with van der Waals surface area (Å²) in [4.78, 5) is 0. The van der Waals surface area contributed by atoms with Gasteiger partial charge in [0.15, 0.2) is 0 Å². The van der Waals surface area contributed by atoms with Crippen molar-refractivity contribution in [2.24, 2.45) is 0 Å². The lowest BCUT2D eigenvalue weighted by Gasteiger charge is -2.04. The Balaban J connectivity index is 3.27. The summed E-state index contributed by atoms with van der Waals surface area (Å²) < 4.78 is 11.0. The molecule has 0 fully saturated rings. The number of hydrogen-bond donors (Lipinski definition) is 0. The van der Waals surface area contributed by atoms with E-state index in [9.17, 15) is 0 Å². The third-order valence-corrected chi connectivity index (χ3v) is 2.47. The Labute approximate surface area is 101 Å². The highest BCUT2D eigenvalue weighted by molar-refractivity contribution is 4.97. The summed E-state index contributed by atoms with van der Waals surface area (Å²) >= 11 is 0. The maximum absolute atomic E-state index is 5.51. The number of rotatable bonds is 11. The quantitative estimate of drug-likeness (QED) is 0.394. The highest BCUT2D eigenvalue weighted by Crippen LogP contribution is 2.01. The molecule has 96 valence electrons. The molecule has 0 unspecified atom stereocenters. The van der Waals surface area contributed by atoms with Crippen LogP contribution in [0.15, 0.2) is 11.6 Å². The van der Waals surface area contributed by atoms with Crippen LogP contribution in [0.3, 0.4) is 0 Å². The van der Waals surface area contributed by atoms with Crippen molar-refractivity contribution in [2.45, 2.75) is 52.9 Å². The molecule has 0 aliphatic rings. The molecule has 2 nitrogen and oxygen atoms in total. The van der Waals surface area contributed by atoms with Gasteiger partial charge < -0.3 is 9.47 Å². The molecule has 0 saturated heterocycles. The fourth-order valence-corrected chi connectivity index (χ4v) is 1.21. The maximum atomic E-state index is 5.51. The van der Waals surface area contributed by atoms with Crippen LogP contribution in [0.1, 0.15) is 52.9 Å². The predicted molar refractivity (Wildman–Crippen MR) is 69.8 cm³/mol. The highest BCUT2D eigenvalue weighted by Gasteiger charge is 1.92. The summed E-state index contributed by atoms with van der Waals surface area (Å²) in [7, 11) is 0. The summed E-state index contributed by atoms with van der Waals surface area (Å²) in [5.41, 5.74) is 1.37. The van der Waals surface area contributed by atoms with Gasteiger partial charge in [0.05, 0.1) is 13.2 Å². The van der Waals surface area contributed by atoms with E-state index in [2.05, 4.69) is 26.8 Å². The van der Waals surface area contributed by atoms with E-state index in [1.807, 2.05) is 0 Å². The zero-order valence-electron chi connectivity index (χ0n) is 11.3. The lowest BCUT2D eigenvalue weighted by Crippen LogP contribution is -1.98. The third-order valence-electron chi connectivity index (χ3n) is 2.47. The van der Waals surface area contributed by atoms with E-state index in [1.165, 1.54) is 24.8 Å². The van der Waals surface area contributed by atoms with Gasteiger partial charge in [-0.3, -0.25) is 0 Å². The SMILES string of the molecule is CCCCOC/C=C(\C)CCOCCCC. The molecule has 0 spiro atoms. The van der Waals surface area contributed by atoms with Crippen LogP contribution in [0.4, 0.5) is 0 Å². The van der Waals surface area contributed by atoms with Crippen LogP contribution < -0.4 is 0 Å². The second-order valence-electron chi connectivity index (χ2n) is 4.19. The molecule has 16 heavy (non-hydrogen) atoms. The van der Waals surface area contributed by atoms with Crippen LogP contribution in [0, 0.1) is 0 Å². The Morgan fingerprint density at radius 1 is 0.938 bits per heavy atom. The minimum absolute atomic E-state index is 0.751. The monoisotopic (exact) mass is 228 g/mol. The second kappa shape index (κ2) is 12.7. The van der Waals surface area contributed by atoms with Crippen molar-refractivity contribution in [3.8, 4) is 0 Å². The van der Waals surface area contributed by atoms with Crippen molar-refractivity contribution in [2.75, 3.05) is 26.4 Å². The lowest BCUT2D eigenvalue weighted by atomic mass is 10.2. The number of unbranched alkanes of at least 4 members (excludes halogenated alkanes) is 2. The molecule has 0 radical (unpaired) electrons. The summed E-state index contributed by atoms with van der Waals surface area (Å²) in [5, 5.41) is 0. The Hall–Kier alpha value is -0.340. The zero-order chi connectivity index (χ0) is 12.1. The molecule has 0 amide bonds. The van der Waals surface area contributed by atoms with Crippen LogP contribution in [0.25, 0.3) is 0 Å². The average molecular weight is 228 g/mol. The molecule has 0 rings (SSSR count). The van der Waals surface area contributed by atoms with Crippen LogP contribution in [-0.2, 0) is 9.47 Å². The smallest absolute Gasteiger partial charge is 0.0649 e. The van der Waals surface area contributed by atoms with E-state index in [0.717, 1.165) is 39.3 Å². The van der Waals surface area contributed by atoms with E-state index in [1.54, 1.807) is 0 Å². The van der Waals surface area contributed by atoms with E-state index >= 15 is 0 Å². The molecule has 0 N–H and O–H groups in total. The van der Waals surface area contributed by atoms with Crippen molar-refractivity contribution in [3.05, 3.63) is 11.6 Å². The Kier molecular flexibility index (Phi) is 12.5. The molecule has 0 heterocycles. The van der Waals surface area contributed by atoms with Crippen LogP contribution >= 0.6 is 0 Å². The average Bonchev–Trinajstić information content (AvgIpc) is 2.28. The molecule has 0 aromatic carbocycles. The first-order valence-electron chi connectivity index (χ1n) is 6.62. The highest BCUT2D eigenvalue weighted by atomic mass is 16.5. The van der Waals surface area contributed by atoms with Crippen molar-refractivity contribution >= 4 is 0 Å². The van der Waals surface area contributed by atoms with Crippen LogP contribution in [-0.4, -0.2) is 26.4 Å². The van der Waals surface area contributed by atoms with Gasteiger partial charge in [-0.15, -0.1) is 0 Å². The second-order valence-corrected chi connectivity index (χ2v) is 4.19. The van der Waals surface area contributed by atoms with Crippen molar-refractivity contribution < 1.29 is 9.47 Å². The van der Waals surface area contributed by atoms with Gasteiger partial charge in [0.25, 0.3) is 0 Å². The van der Waals surface area contributed by atoms with Gasteiger partial charge in [-0.05, 0) is 26.2 Å². The fraction of sp³-hybridized carbons (Fsp3) is 0.857. The van der Waals surface area contributed by atoms with Gasteiger partial charge in [0.2, 0.25) is 0 Å². The van der Waals surface area contributed by atoms with Gasteiger partial charge in [-0.25, -0.2) is 0 Å². The Morgan fingerprint density at radius 2 is 1.56 bits per heavy atom. The van der Waals surface area contributed by atoms with Crippen LogP contribution in [0.2, 0.25) is 0 Å². The Bertz CT molecular complexity index is 164. The minimum atomic E-state index is 0.751. The van der Waals surface area contributed by atoms with Crippen LogP contribution in [0.5, 0.6) is 0 Å². The molecule has 0 bridgehead atoms. The topological polar surface area (TPSA) is 18.5 Å². The first-order chi connectivity index (χ1) is 7.81. The molecule has 2 heteroatoms. The van der Waals surface area contributed by atoms with E-state index in [4.69, 9.17) is 9.47 Å². The molecule has 0 aliphatic heterocycles. The first kappa shape index (κ1) is 15.7. The van der Waals surface area contributed by atoms with Crippen molar-refractivity contribution in [1.29, 1.82) is 0 Å². The van der Waals surface area contributed by atoms with Crippen molar-refractivity contribution in [3.63, 3.8) is 0 Å². The van der Waals surface area contributed by atoms with Gasteiger partial charge in [0, 0.05) is 13.2 Å². The summed E-state index contributed by atoms with van der Waals surface area (Å²) in [6, 6.07) is 0. The maximum Gasteiger partial charge on any atom is 0.0649 e. The van der Waals surface area contributed by atoms with Gasteiger partial charge in [0.1, 0.15) is 0 Å². The van der Waals surface area contributed by atoms with E-state index in [0.29, 0.717) is 0 Å². The van der Waals surface area contributed by atoms with Gasteiger partial charge in [-0.1, -0.05) is 38.3 Å². The molecule has 0 aliphatic carbocycles. The van der Waals surface area contributed by atoms with Gasteiger partial charge >= 0.3 is 0 Å². The normalized spacial score (nSPS) is 12.1.